The molecule has 0 radical (unpaired) electrons. The number of hydrogen-bond acceptors (Lipinski definition) is 5. The fraction of sp³-hybridized carbons (Fsp3) is 0.238. The topological polar surface area (TPSA) is 85.6 Å². The Bertz CT molecular complexity index is 1020. The number of hydrogen-bond donors (Lipinski definition) is 1. The van der Waals surface area contributed by atoms with Crippen LogP contribution in [-0.4, -0.2) is 35.6 Å². The Morgan fingerprint density at radius 3 is 2.50 bits per heavy atom. The van der Waals surface area contributed by atoms with Crippen LogP contribution in [0.15, 0.2) is 52.3 Å². The molecule has 1 N–H and O–H groups in total. The molecule has 28 heavy (non-hydrogen) atoms. The van der Waals surface area contributed by atoms with Crippen LogP contribution in [-0.2, 0) is 4.79 Å². The van der Waals surface area contributed by atoms with Crippen LogP contribution in [0, 0.1) is 11.3 Å². The fourth-order valence-corrected chi connectivity index (χ4v) is 4.07. The van der Waals surface area contributed by atoms with Gasteiger partial charge in [0.2, 0.25) is 0 Å². The van der Waals surface area contributed by atoms with Crippen LogP contribution in [0.5, 0.6) is 0 Å². The van der Waals surface area contributed by atoms with Crippen molar-refractivity contribution in [2.45, 2.75) is 19.3 Å². The van der Waals surface area contributed by atoms with Crippen LogP contribution in [0.25, 0.3) is 5.70 Å². The number of nitrogens with one attached hydrogen (secondary N) is 1. The van der Waals surface area contributed by atoms with Gasteiger partial charge in [-0.1, -0.05) is 30.3 Å². The van der Waals surface area contributed by atoms with Crippen molar-refractivity contribution in [1.82, 2.24) is 10.2 Å². The van der Waals surface area contributed by atoms with Gasteiger partial charge in [0.1, 0.15) is 17.5 Å². The van der Waals surface area contributed by atoms with E-state index in [9.17, 15) is 14.9 Å². The molecule has 0 saturated carbocycles. The minimum Gasteiger partial charge on any atom is -0.338 e. The van der Waals surface area contributed by atoms with E-state index in [1.807, 2.05) is 29.6 Å². The summed E-state index contributed by atoms with van der Waals surface area (Å²) in [7, 11) is 0. The van der Waals surface area contributed by atoms with Crippen molar-refractivity contribution in [3.8, 4) is 6.07 Å². The van der Waals surface area contributed by atoms with Gasteiger partial charge in [-0.15, -0.1) is 11.3 Å². The van der Waals surface area contributed by atoms with Gasteiger partial charge in [0, 0.05) is 24.2 Å². The molecule has 1 aromatic carbocycles. The number of carbonyl (C=O) groups is 2. The summed E-state index contributed by atoms with van der Waals surface area (Å²) in [5.74, 6) is -0.185. The third kappa shape index (κ3) is 3.35. The van der Waals surface area contributed by atoms with E-state index >= 15 is 0 Å². The predicted octanol–water partition coefficient (Wildman–Crippen LogP) is 3.19. The lowest BCUT2D eigenvalue weighted by molar-refractivity contribution is -0.127. The Balaban J connectivity index is 1.72. The molecule has 1 aromatic heterocycles. The molecular weight excluding hydrogens is 372 g/mol. The number of nitriles is 1. The van der Waals surface area contributed by atoms with Gasteiger partial charge in [-0.05, 0) is 30.7 Å². The molecule has 1 fully saturated rings. The number of amides is 2. The molecule has 3 heterocycles. The number of fused-ring (bicyclic) bond motifs is 1. The zero-order valence-corrected chi connectivity index (χ0v) is 16.0. The molecule has 0 atom stereocenters. The maximum atomic E-state index is 12.9. The van der Waals surface area contributed by atoms with E-state index in [-0.39, 0.29) is 17.4 Å². The van der Waals surface area contributed by atoms with Crippen LogP contribution in [0.1, 0.15) is 40.1 Å². The predicted molar refractivity (Wildman–Crippen MR) is 108 cm³/mol. The Hall–Kier alpha value is -3.24. The summed E-state index contributed by atoms with van der Waals surface area (Å²) in [4.78, 5) is 32.2. The molecule has 6 nitrogen and oxygen atoms in total. The number of likely N-dealkylation sites (tertiary alicyclic amines) is 1. The number of carbonyl (C=O) groups excluding carboxylic acids is 2. The third-order valence-corrected chi connectivity index (χ3v) is 5.71. The van der Waals surface area contributed by atoms with Gasteiger partial charge in [-0.2, -0.15) is 5.26 Å². The van der Waals surface area contributed by atoms with E-state index in [4.69, 9.17) is 0 Å². The number of aliphatic imine (C=N–C) groups is 1. The van der Waals surface area contributed by atoms with E-state index in [0.29, 0.717) is 40.6 Å². The first-order chi connectivity index (χ1) is 13.7. The van der Waals surface area contributed by atoms with Gasteiger partial charge in [-0.25, -0.2) is 4.99 Å². The van der Waals surface area contributed by atoms with E-state index in [1.54, 1.807) is 17.0 Å². The monoisotopic (exact) mass is 390 g/mol. The van der Waals surface area contributed by atoms with Crippen molar-refractivity contribution in [3.63, 3.8) is 0 Å². The van der Waals surface area contributed by atoms with Crippen molar-refractivity contribution >= 4 is 34.7 Å². The van der Waals surface area contributed by atoms with E-state index in [0.717, 1.165) is 19.3 Å². The van der Waals surface area contributed by atoms with E-state index < -0.39 is 0 Å². The maximum Gasteiger partial charge on any atom is 0.266 e. The minimum atomic E-state index is -0.290. The van der Waals surface area contributed by atoms with Gasteiger partial charge in [0.15, 0.2) is 0 Å². The summed E-state index contributed by atoms with van der Waals surface area (Å²) in [5.41, 5.74) is 1.75. The van der Waals surface area contributed by atoms with Crippen molar-refractivity contribution < 1.29 is 9.59 Å². The summed E-state index contributed by atoms with van der Waals surface area (Å²) in [6.07, 6.45) is 2.99. The molecule has 0 aliphatic carbocycles. The molecule has 4 rings (SSSR count). The summed E-state index contributed by atoms with van der Waals surface area (Å²) in [6, 6.07) is 12.9. The Morgan fingerprint density at radius 2 is 1.82 bits per heavy atom. The lowest BCUT2D eigenvalue weighted by Crippen LogP contribution is -2.36. The molecule has 7 heteroatoms. The molecule has 2 aliphatic heterocycles. The molecule has 140 valence electrons. The average Bonchev–Trinajstić information content (AvgIpc) is 3.39. The van der Waals surface area contributed by atoms with Crippen LogP contribution >= 0.6 is 11.3 Å². The van der Waals surface area contributed by atoms with Crippen molar-refractivity contribution in [3.05, 3.63) is 63.4 Å². The molecule has 2 aromatic rings. The molecule has 2 amide bonds. The van der Waals surface area contributed by atoms with Crippen LogP contribution in [0.3, 0.4) is 0 Å². The number of piperidine rings is 1. The first-order valence-corrected chi connectivity index (χ1v) is 10.0. The number of benzene rings is 1. The number of nitrogens with zero attached hydrogens (tertiary/aromatic N) is 3. The standard InChI is InChI=1S/C21H18N4O2S/c22-13-16(21(27)25-10-4-1-5-11-25)18-14-7-2-3-8-15(14)19(23-18)24-20(26)17-9-6-12-28-17/h2-3,6-9,12H,1,4-5,10-11H2,(H,23,24,26)/b18-16+. The largest absolute Gasteiger partial charge is 0.338 e. The highest BCUT2D eigenvalue weighted by Crippen LogP contribution is 2.31. The third-order valence-electron chi connectivity index (χ3n) is 4.84. The first-order valence-electron chi connectivity index (χ1n) is 9.16. The maximum absolute atomic E-state index is 12.9. The van der Waals surface area contributed by atoms with Gasteiger partial charge in [0.05, 0.1) is 10.6 Å². The van der Waals surface area contributed by atoms with Gasteiger partial charge in [0.25, 0.3) is 11.8 Å². The molecular formula is C21H18N4O2S. The van der Waals surface area contributed by atoms with E-state index in [2.05, 4.69) is 16.4 Å². The fourth-order valence-electron chi connectivity index (χ4n) is 3.45. The average molecular weight is 390 g/mol. The molecule has 1 saturated heterocycles. The van der Waals surface area contributed by atoms with E-state index in [1.165, 1.54) is 11.3 Å². The van der Waals surface area contributed by atoms with Crippen LogP contribution < -0.4 is 5.32 Å². The van der Waals surface area contributed by atoms with Gasteiger partial charge < -0.3 is 10.2 Å². The minimum absolute atomic E-state index is 0.0229. The highest BCUT2D eigenvalue weighted by atomic mass is 32.1. The Labute approximate surface area is 166 Å². The summed E-state index contributed by atoms with van der Waals surface area (Å²) >= 11 is 1.34. The number of rotatable bonds is 2. The SMILES string of the molecule is N#C/C(C(=O)N1CCCCC1)=C1\N=C(NC(=O)c2cccs2)c2ccccc21. The van der Waals surface area contributed by atoms with Crippen molar-refractivity contribution in [2.75, 3.05) is 13.1 Å². The lowest BCUT2D eigenvalue weighted by Gasteiger charge is -2.26. The van der Waals surface area contributed by atoms with Gasteiger partial charge in [-0.3, -0.25) is 9.59 Å². The van der Waals surface area contributed by atoms with Gasteiger partial charge >= 0.3 is 0 Å². The molecule has 0 unspecified atom stereocenters. The summed E-state index contributed by atoms with van der Waals surface area (Å²) < 4.78 is 0. The molecule has 2 aliphatic rings. The summed E-state index contributed by atoms with van der Waals surface area (Å²) in [6.45, 7) is 1.31. The quantitative estimate of drug-likeness (QED) is 0.631. The highest BCUT2D eigenvalue weighted by Gasteiger charge is 2.29. The van der Waals surface area contributed by atoms with Crippen molar-refractivity contribution in [1.29, 1.82) is 5.26 Å². The van der Waals surface area contributed by atoms with Crippen LogP contribution in [0.4, 0.5) is 0 Å². The second kappa shape index (κ2) is 7.79. The lowest BCUT2D eigenvalue weighted by atomic mass is 10.0. The number of thiophene rings is 1. The Morgan fingerprint density at radius 1 is 1.07 bits per heavy atom. The zero-order valence-electron chi connectivity index (χ0n) is 15.1. The Kier molecular flexibility index (Phi) is 5.04. The first kappa shape index (κ1) is 18.1. The highest BCUT2D eigenvalue weighted by molar-refractivity contribution is 7.12. The molecule has 0 bridgehead atoms. The van der Waals surface area contributed by atoms with Crippen molar-refractivity contribution in [2.24, 2.45) is 4.99 Å². The second-order valence-corrected chi connectivity index (χ2v) is 7.57. The summed E-state index contributed by atoms with van der Waals surface area (Å²) in [5, 5.41) is 14.4. The number of amidine groups is 1. The smallest absolute Gasteiger partial charge is 0.266 e. The zero-order chi connectivity index (χ0) is 19.5. The van der Waals surface area contributed by atoms with Crippen LogP contribution in [0.2, 0.25) is 0 Å². The molecule has 0 spiro atoms. The normalized spacial score (nSPS) is 17.4. The second-order valence-electron chi connectivity index (χ2n) is 6.63.